The molecule has 0 radical (unpaired) electrons. The van der Waals surface area contributed by atoms with Gasteiger partial charge in [0.25, 0.3) is 0 Å². The summed E-state index contributed by atoms with van der Waals surface area (Å²) in [6.07, 6.45) is 1.81. The van der Waals surface area contributed by atoms with Crippen LogP contribution in [-0.2, 0) is 0 Å². The number of nitrogens with two attached hydrogens (primary N) is 1. The molecule has 1 aliphatic rings. The number of nitrogens with zero attached hydrogens (tertiary/aromatic N) is 3. The Labute approximate surface area is 140 Å². The minimum atomic E-state index is 0.106. The fourth-order valence-electron chi connectivity index (χ4n) is 2.54. The zero-order valence-electron chi connectivity index (χ0n) is 13.1. The van der Waals surface area contributed by atoms with E-state index in [1.165, 1.54) is 5.69 Å². The number of carbonyl (C=O) groups is 1. The van der Waals surface area contributed by atoms with E-state index >= 15 is 0 Å². The van der Waals surface area contributed by atoms with Crippen molar-refractivity contribution in [1.29, 1.82) is 0 Å². The maximum absolute atomic E-state index is 11.3. The Kier molecular flexibility index (Phi) is 4.83. The fourth-order valence-corrected chi connectivity index (χ4v) is 3.41. The van der Waals surface area contributed by atoms with Gasteiger partial charge >= 0.3 is 0 Å². The predicted molar refractivity (Wildman–Crippen MR) is 94.7 cm³/mol. The Morgan fingerprint density at radius 1 is 1.09 bits per heavy atom. The van der Waals surface area contributed by atoms with Gasteiger partial charge in [-0.25, -0.2) is 9.29 Å². The minimum absolute atomic E-state index is 0.106. The molecule has 2 heterocycles. The number of rotatable bonds is 4. The summed E-state index contributed by atoms with van der Waals surface area (Å²) in [5.74, 6) is 0.656. The molecular weight excluding hydrogens is 308 g/mol. The SMILES string of the molecule is CC(=O)c1ccc(N2CCN(Sc3ccc(N)nc3)CC2)cc1. The number of piperazine rings is 1. The van der Waals surface area contributed by atoms with E-state index in [0.29, 0.717) is 5.82 Å². The maximum Gasteiger partial charge on any atom is 0.159 e. The van der Waals surface area contributed by atoms with Crippen molar-refractivity contribution in [3.05, 3.63) is 48.2 Å². The lowest BCUT2D eigenvalue weighted by Crippen LogP contribution is -2.43. The molecule has 2 N–H and O–H groups in total. The monoisotopic (exact) mass is 328 g/mol. The van der Waals surface area contributed by atoms with Gasteiger partial charge in [0.2, 0.25) is 0 Å². The molecule has 5 nitrogen and oxygen atoms in total. The summed E-state index contributed by atoms with van der Waals surface area (Å²) in [5, 5.41) is 0. The third-order valence-corrected chi connectivity index (χ3v) is 4.95. The topological polar surface area (TPSA) is 62.5 Å². The second-order valence-electron chi connectivity index (χ2n) is 5.53. The predicted octanol–water partition coefficient (Wildman–Crippen LogP) is 2.70. The zero-order chi connectivity index (χ0) is 16.2. The number of aromatic nitrogens is 1. The lowest BCUT2D eigenvalue weighted by atomic mass is 10.1. The number of benzene rings is 1. The van der Waals surface area contributed by atoms with E-state index in [9.17, 15) is 4.79 Å². The van der Waals surface area contributed by atoms with Crippen LogP contribution in [0.3, 0.4) is 0 Å². The third-order valence-electron chi connectivity index (χ3n) is 3.87. The summed E-state index contributed by atoms with van der Waals surface area (Å²) in [5.41, 5.74) is 7.55. The van der Waals surface area contributed by atoms with Gasteiger partial charge < -0.3 is 10.6 Å². The molecule has 2 aromatic rings. The van der Waals surface area contributed by atoms with Crippen LogP contribution in [0, 0.1) is 0 Å². The first-order valence-electron chi connectivity index (χ1n) is 7.62. The van der Waals surface area contributed by atoms with Crippen LogP contribution < -0.4 is 10.6 Å². The number of anilines is 2. The maximum atomic E-state index is 11.3. The summed E-state index contributed by atoms with van der Waals surface area (Å²) < 4.78 is 2.34. The summed E-state index contributed by atoms with van der Waals surface area (Å²) in [6, 6.07) is 11.7. The summed E-state index contributed by atoms with van der Waals surface area (Å²) >= 11 is 1.72. The molecule has 6 heteroatoms. The van der Waals surface area contributed by atoms with Gasteiger partial charge in [-0.2, -0.15) is 0 Å². The molecule has 0 unspecified atom stereocenters. The van der Waals surface area contributed by atoms with E-state index in [0.717, 1.165) is 36.6 Å². The molecule has 0 atom stereocenters. The molecule has 1 aliphatic heterocycles. The summed E-state index contributed by atoms with van der Waals surface area (Å²) in [7, 11) is 0. The van der Waals surface area contributed by atoms with Crippen molar-refractivity contribution < 1.29 is 4.79 Å². The van der Waals surface area contributed by atoms with E-state index in [1.54, 1.807) is 18.9 Å². The molecule has 0 amide bonds. The van der Waals surface area contributed by atoms with Gasteiger partial charge in [-0.3, -0.25) is 4.79 Å². The Balaban J connectivity index is 1.55. The Morgan fingerprint density at radius 2 is 1.78 bits per heavy atom. The molecular formula is C17H20N4OS. The van der Waals surface area contributed by atoms with Gasteiger partial charge in [0, 0.05) is 48.5 Å². The fraction of sp³-hybridized carbons (Fsp3) is 0.294. The molecule has 1 aromatic carbocycles. The second-order valence-corrected chi connectivity index (χ2v) is 6.70. The number of pyridine rings is 1. The molecule has 23 heavy (non-hydrogen) atoms. The van der Waals surface area contributed by atoms with Crippen LogP contribution in [0.1, 0.15) is 17.3 Å². The first kappa shape index (κ1) is 15.8. The van der Waals surface area contributed by atoms with Crippen molar-refractivity contribution in [2.75, 3.05) is 36.8 Å². The van der Waals surface area contributed by atoms with Crippen LogP contribution >= 0.6 is 11.9 Å². The van der Waals surface area contributed by atoms with Crippen molar-refractivity contribution in [2.45, 2.75) is 11.8 Å². The normalized spacial score (nSPS) is 15.6. The molecule has 0 aliphatic carbocycles. The van der Waals surface area contributed by atoms with Crippen molar-refractivity contribution in [1.82, 2.24) is 9.29 Å². The van der Waals surface area contributed by atoms with Crippen LogP contribution in [0.25, 0.3) is 0 Å². The zero-order valence-corrected chi connectivity index (χ0v) is 13.9. The van der Waals surface area contributed by atoms with E-state index in [2.05, 4.69) is 14.2 Å². The molecule has 0 bridgehead atoms. The molecule has 3 rings (SSSR count). The number of nitrogen functional groups attached to an aromatic ring is 1. The van der Waals surface area contributed by atoms with E-state index in [4.69, 9.17) is 5.73 Å². The number of ketones is 1. The van der Waals surface area contributed by atoms with Crippen LogP contribution in [-0.4, -0.2) is 41.3 Å². The molecule has 1 fully saturated rings. The van der Waals surface area contributed by atoms with Crippen molar-refractivity contribution in [2.24, 2.45) is 0 Å². The number of hydrogen-bond donors (Lipinski definition) is 1. The largest absolute Gasteiger partial charge is 0.384 e. The summed E-state index contributed by atoms with van der Waals surface area (Å²) in [4.78, 5) is 18.9. The lowest BCUT2D eigenvalue weighted by molar-refractivity contribution is 0.101. The van der Waals surface area contributed by atoms with Crippen LogP contribution in [0.5, 0.6) is 0 Å². The van der Waals surface area contributed by atoms with Gasteiger partial charge in [0.1, 0.15) is 5.82 Å². The number of carbonyl (C=O) groups excluding carboxylic acids is 1. The smallest absolute Gasteiger partial charge is 0.159 e. The molecule has 0 spiro atoms. The van der Waals surface area contributed by atoms with Gasteiger partial charge in [0.15, 0.2) is 5.78 Å². The molecule has 1 aromatic heterocycles. The van der Waals surface area contributed by atoms with Gasteiger partial charge in [-0.1, -0.05) is 0 Å². The van der Waals surface area contributed by atoms with E-state index in [-0.39, 0.29) is 5.78 Å². The third kappa shape index (κ3) is 4.03. The second kappa shape index (κ2) is 7.02. The first-order chi connectivity index (χ1) is 11.1. The van der Waals surface area contributed by atoms with Crippen molar-refractivity contribution >= 4 is 29.2 Å². The van der Waals surface area contributed by atoms with Crippen LogP contribution in [0.2, 0.25) is 0 Å². The first-order valence-corrected chi connectivity index (χ1v) is 8.39. The molecule has 0 saturated carbocycles. The van der Waals surface area contributed by atoms with E-state index < -0.39 is 0 Å². The quantitative estimate of drug-likeness (QED) is 0.688. The van der Waals surface area contributed by atoms with Gasteiger partial charge in [0.05, 0.1) is 0 Å². The Morgan fingerprint density at radius 3 is 2.35 bits per heavy atom. The van der Waals surface area contributed by atoms with Crippen molar-refractivity contribution in [3.63, 3.8) is 0 Å². The Hall–Kier alpha value is -2.05. The minimum Gasteiger partial charge on any atom is -0.384 e. The highest BCUT2D eigenvalue weighted by Gasteiger charge is 2.18. The van der Waals surface area contributed by atoms with Gasteiger partial charge in [-0.15, -0.1) is 0 Å². The number of hydrogen-bond acceptors (Lipinski definition) is 6. The lowest BCUT2D eigenvalue weighted by Gasteiger charge is -2.35. The van der Waals surface area contributed by atoms with Crippen molar-refractivity contribution in [3.8, 4) is 0 Å². The van der Waals surface area contributed by atoms with E-state index in [1.807, 2.05) is 42.6 Å². The average Bonchev–Trinajstić information content (AvgIpc) is 2.58. The highest BCUT2D eigenvalue weighted by atomic mass is 32.2. The average molecular weight is 328 g/mol. The highest BCUT2D eigenvalue weighted by molar-refractivity contribution is 7.97. The highest BCUT2D eigenvalue weighted by Crippen LogP contribution is 2.25. The molecule has 1 saturated heterocycles. The van der Waals surface area contributed by atoms with Crippen LogP contribution in [0.15, 0.2) is 47.5 Å². The van der Waals surface area contributed by atoms with Gasteiger partial charge in [-0.05, 0) is 55.3 Å². The van der Waals surface area contributed by atoms with Crippen LogP contribution in [0.4, 0.5) is 11.5 Å². The number of Topliss-reactive ketones (excluding diaryl/α,β-unsaturated/α-hetero) is 1. The molecule has 120 valence electrons. The Bertz CT molecular complexity index is 664. The summed E-state index contributed by atoms with van der Waals surface area (Å²) in [6.45, 7) is 5.48. The standard InChI is InChI=1S/C17H20N4OS/c1-13(22)14-2-4-15(5-3-14)20-8-10-21(11-9-20)23-16-6-7-17(18)19-12-16/h2-7,12H,8-11H2,1H3,(H2,18,19).